The number of nitriles is 1. The van der Waals surface area contributed by atoms with Crippen LogP contribution in [0.25, 0.3) is 22.5 Å². The number of nitrogens with zero attached hydrogens (tertiary/aromatic N) is 3. The van der Waals surface area contributed by atoms with E-state index in [4.69, 9.17) is 5.73 Å². The zero-order valence-electron chi connectivity index (χ0n) is 13.0. The highest BCUT2D eigenvalue weighted by Gasteiger charge is 2.15. The molecule has 1 heterocycles. The van der Waals surface area contributed by atoms with Crippen molar-refractivity contribution in [1.82, 2.24) is 9.97 Å². The molecular weight excluding hydrogens is 284 g/mol. The predicted molar refractivity (Wildman–Crippen MR) is 91.5 cm³/mol. The molecule has 23 heavy (non-hydrogen) atoms. The van der Waals surface area contributed by atoms with E-state index >= 15 is 0 Å². The maximum atomic E-state index is 9.20. The average molecular weight is 300 g/mol. The molecular formula is C19H16N4. The molecule has 0 aliphatic rings. The van der Waals surface area contributed by atoms with Gasteiger partial charge in [0.15, 0.2) is 11.5 Å². The van der Waals surface area contributed by atoms with E-state index in [2.05, 4.69) is 9.97 Å². The molecule has 2 aromatic carbocycles. The standard InChI is InChI=1S/C19H16N4/c1-12-3-7-14(8-4-12)17-18(15-9-5-13(2)6-10-15)23-19(21)16(11-20)22-17/h3-10H,1-2H3,(H2,21,23). The van der Waals surface area contributed by atoms with Crippen LogP contribution in [0.5, 0.6) is 0 Å². The zero-order chi connectivity index (χ0) is 16.4. The van der Waals surface area contributed by atoms with E-state index < -0.39 is 0 Å². The number of nitrogens with two attached hydrogens (primary N) is 1. The molecule has 0 radical (unpaired) electrons. The van der Waals surface area contributed by atoms with Crippen molar-refractivity contribution >= 4 is 5.82 Å². The van der Waals surface area contributed by atoms with Gasteiger partial charge in [-0.05, 0) is 13.8 Å². The van der Waals surface area contributed by atoms with E-state index in [0.29, 0.717) is 11.4 Å². The molecule has 0 saturated carbocycles. The van der Waals surface area contributed by atoms with Crippen LogP contribution in [0.3, 0.4) is 0 Å². The predicted octanol–water partition coefficient (Wildman–Crippen LogP) is 3.88. The lowest BCUT2D eigenvalue weighted by atomic mass is 10.0. The highest BCUT2D eigenvalue weighted by atomic mass is 14.9. The molecule has 4 nitrogen and oxygen atoms in total. The van der Waals surface area contributed by atoms with Gasteiger partial charge in [-0.2, -0.15) is 5.26 Å². The Balaban J connectivity index is 2.25. The lowest BCUT2D eigenvalue weighted by Crippen LogP contribution is -2.03. The Kier molecular flexibility index (Phi) is 3.78. The van der Waals surface area contributed by atoms with Crippen molar-refractivity contribution < 1.29 is 0 Å². The first-order valence-corrected chi connectivity index (χ1v) is 7.30. The third kappa shape index (κ3) is 2.90. The highest BCUT2D eigenvalue weighted by molar-refractivity contribution is 5.79. The molecule has 0 aliphatic carbocycles. The number of hydrogen-bond acceptors (Lipinski definition) is 4. The Bertz CT molecular complexity index is 888. The second kappa shape index (κ2) is 5.90. The third-order valence-corrected chi connectivity index (χ3v) is 3.68. The molecule has 3 aromatic rings. The molecule has 1 aromatic heterocycles. The molecule has 0 spiro atoms. The largest absolute Gasteiger partial charge is 0.381 e. The van der Waals surface area contributed by atoms with E-state index in [1.54, 1.807) is 0 Å². The molecule has 4 heteroatoms. The second-order valence-corrected chi connectivity index (χ2v) is 5.50. The van der Waals surface area contributed by atoms with Gasteiger partial charge in [0.05, 0.1) is 11.4 Å². The molecule has 0 bridgehead atoms. The van der Waals surface area contributed by atoms with Gasteiger partial charge >= 0.3 is 0 Å². The summed E-state index contributed by atoms with van der Waals surface area (Å²) < 4.78 is 0. The minimum absolute atomic E-state index is 0.149. The van der Waals surface area contributed by atoms with Crippen LogP contribution in [0.1, 0.15) is 16.8 Å². The summed E-state index contributed by atoms with van der Waals surface area (Å²) in [5.41, 5.74) is 11.5. The Morgan fingerprint density at radius 3 is 1.65 bits per heavy atom. The van der Waals surface area contributed by atoms with Gasteiger partial charge < -0.3 is 5.73 Å². The van der Waals surface area contributed by atoms with Gasteiger partial charge in [0, 0.05) is 11.1 Å². The van der Waals surface area contributed by atoms with Gasteiger partial charge in [-0.25, -0.2) is 9.97 Å². The first-order chi connectivity index (χ1) is 11.1. The second-order valence-electron chi connectivity index (χ2n) is 5.50. The molecule has 0 unspecified atom stereocenters. The first-order valence-electron chi connectivity index (χ1n) is 7.30. The minimum atomic E-state index is 0.149. The Labute approximate surface area is 135 Å². The molecule has 2 N–H and O–H groups in total. The van der Waals surface area contributed by atoms with E-state index in [0.717, 1.165) is 16.7 Å². The van der Waals surface area contributed by atoms with Crippen LogP contribution in [0.4, 0.5) is 5.82 Å². The molecule has 0 amide bonds. The highest BCUT2D eigenvalue weighted by Crippen LogP contribution is 2.30. The van der Waals surface area contributed by atoms with Crippen LogP contribution in [-0.4, -0.2) is 9.97 Å². The molecule has 0 saturated heterocycles. The number of hydrogen-bond donors (Lipinski definition) is 1. The summed E-state index contributed by atoms with van der Waals surface area (Å²) in [7, 11) is 0. The summed E-state index contributed by atoms with van der Waals surface area (Å²) in [5.74, 6) is 0.152. The van der Waals surface area contributed by atoms with Crippen molar-refractivity contribution in [3.05, 3.63) is 65.4 Å². The van der Waals surface area contributed by atoms with Crippen molar-refractivity contribution in [3.63, 3.8) is 0 Å². The normalized spacial score (nSPS) is 10.3. The summed E-state index contributed by atoms with van der Waals surface area (Å²) in [5, 5.41) is 9.20. The maximum Gasteiger partial charge on any atom is 0.183 e. The lowest BCUT2D eigenvalue weighted by Gasteiger charge is -2.11. The number of aryl methyl sites for hydroxylation is 2. The Morgan fingerprint density at radius 1 is 0.783 bits per heavy atom. The zero-order valence-corrected chi connectivity index (χ0v) is 13.0. The van der Waals surface area contributed by atoms with Gasteiger partial charge in [-0.1, -0.05) is 59.7 Å². The number of anilines is 1. The monoisotopic (exact) mass is 300 g/mol. The van der Waals surface area contributed by atoms with Gasteiger partial charge in [-0.3, -0.25) is 0 Å². The fraction of sp³-hybridized carbons (Fsp3) is 0.105. The Morgan fingerprint density at radius 2 is 1.22 bits per heavy atom. The maximum absolute atomic E-state index is 9.20. The van der Waals surface area contributed by atoms with Gasteiger partial charge in [0.25, 0.3) is 0 Å². The quantitative estimate of drug-likeness (QED) is 0.779. The summed E-state index contributed by atoms with van der Waals surface area (Å²) in [6.07, 6.45) is 0. The smallest absolute Gasteiger partial charge is 0.183 e. The summed E-state index contributed by atoms with van der Waals surface area (Å²) in [6, 6.07) is 18.0. The lowest BCUT2D eigenvalue weighted by molar-refractivity contribution is 1.18. The first kappa shape index (κ1) is 14.7. The fourth-order valence-electron chi connectivity index (χ4n) is 2.36. The fourth-order valence-corrected chi connectivity index (χ4v) is 2.36. The van der Waals surface area contributed by atoms with Crippen LogP contribution in [0.15, 0.2) is 48.5 Å². The van der Waals surface area contributed by atoms with Crippen LogP contribution in [0.2, 0.25) is 0 Å². The third-order valence-electron chi connectivity index (χ3n) is 3.68. The average Bonchev–Trinajstić information content (AvgIpc) is 2.56. The number of aromatic nitrogens is 2. The molecule has 0 aliphatic heterocycles. The van der Waals surface area contributed by atoms with Crippen molar-refractivity contribution in [2.45, 2.75) is 13.8 Å². The summed E-state index contributed by atoms with van der Waals surface area (Å²) in [4.78, 5) is 8.88. The van der Waals surface area contributed by atoms with E-state index in [1.807, 2.05) is 68.4 Å². The van der Waals surface area contributed by atoms with Gasteiger partial charge in [0.1, 0.15) is 6.07 Å². The van der Waals surface area contributed by atoms with Crippen LogP contribution in [-0.2, 0) is 0 Å². The molecule has 0 fully saturated rings. The van der Waals surface area contributed by atoms with Crippen LogP contribution < -0.4 is 5.73 Å². The number of nitrogen functional groups attached to an aromatic ring is 1. The molecule has 3 rings (SSSR count). The van der Waals surface area contributed by atoms with Gasteiger partial charge in [-0.15, -0.1) is 0 Å². The van der Waals surface area contributed by atoms with E-state index in [1.165, 1.54) is 5.56 Å². The topological polar surface area (TPSA) is 75.6 Å². The SMILES string of the molecule is Cc1ccc(-c2nc(N)c(C#N)nc2-c2ccc(C)cc2)cc1. The van der Waals surface area contributed by atoms with Crippen LogP contribution >= 0.6 is 0 Å². The summed E-state index contributed by atoms with van der Waals surface area (Å²) >= 11 is 0. The summed E-state index contributed by atoms with van der Waals surface area (Å²) in [6.45, 7) is 4.06. The minimum Gasteiger partial charge on any atom is -0.381 e. The Hall–Kier alpha value is -3.19. The molecule has 0 atom stereocenters. The van der Waals surface area contributed by atoms with E-state index in [-0.39, 0.29) is 11.5 Å². The molecule has 112 valence electrons. The van der Waals surface area contributed by atoms with E-state index in [9.17, 15) is 5.26 Å². The number of rotatable bonds is 2. The van der Waals surface area contributed by atoms with Crippen molar-refractivity contribution in [3.8, 4) is 28.6 Å². The van der Waals surface area contributed by atoms with Crippen molar-refractivity contribution in [2.75, 3.05) is 5.73 Å². The number of benzene rings is 2. The van der Waals surface area contributed by atoms with Crippen LogP contribution in [0, 0.1) is 25.2 Å². The van der Waals surface area contributed by atoms with Gasteiger partial charge in [0.2, 0.25) is 0 Å². The van der Waals surface area contributed by atoms with Crippen molar-refractivity contribution in [2.24, 2.45) is 0 Å². The van der Waals surface area contributed by atoms with Crippen molar-refractivity contribution in [1.29, 1.82) is 5.26 Å².